The van der Waals surface area contributed by atoms with Gasteiger partial charge in [-0.3, -0.25) is 9.78 Å². The lowest BCUT2D eigenvalue weighted by Crippen LogP contribution is -2.03. The number of benzene rings is 2. The van der Waals surface area contributed by atoms with Crippen molar-refractivity contribution < 1.29 is 4.79 Å². The summed E-state index contributed by atoms with van der Waals surface area (Å²) in [6, 6.07) is 18.2. The molecule has 0 fully saturated rings. The molecule has 0 radical (unpaired) electrons. The topological polar surface area (TPSA) is 45.8 Å². The Labute approximate surface area is 154 Å². The third-order valence-corrected chi connectivity index (χ3v) is 4.77. The fourth-order valence-corrected chi connectivity index (χ4v) is 3.16. The van der Waals surface area contributed by atoms with Crippen LogP contribution in [0.5, 0.6) is 0 Å². The second-order valence-corrected chi connectivity index (χ2v) is 6.41. The number of aromatic amines is 1. The number of rotatable bonds is 3. The van der Waals surface area contributed by atoms with Crippen LogP contribution in [0, 0.1) is 0 Å². The Morgan fingerprint density at radius 2 is 1.72 bits per heavy atom. The number of carbonyl (C=O) groups excluding carboxylic acids is 1. The van der Waals surface area contributed by atoms with E-state index in [2.05, 4.69) is 9.97 Å². The lowest BCUT2D eigenvalue weighted by molar-refractivity contribution is 0.104. The molecule has 2 aromatic carbocycles. The predicted octanol–water partition coefficient (Wildman–Crippen LogP) is 5.77. The van der Waals surface area contributed by atoms with Crippen LogP contribution in [0.25, 0.3) is 22.3 Å². The summed E-state index contributed by atoms with van der Waals surface area (Å²) >= 11 is 12.1. The van der Waals surface area contributed by atoms with Crippen molar-refractivity contribution in [1.29, 1.82) is 0 Å². The second kappa shape index (κ2) is 6.36. The number of nitrogens with zero attached hydrogens (tertiary/aromatic N) is 1. The van der Waals surface area contributed by atoms with Crippen LogP contribution in [-0.4, -0.2) is 15.8 Å². The number of aromatic nitrogens is 2. The highest BCUT2D eigenvalue weighted by molar-refractivity contribution is 6.42. The molecular weight excluding hydrogens is 355 g/mol. The van der Waals surface area contributed by atoms with Crippen LogP contribution in [0.4, 0.5) is 0 Å². The first kappa shape index (κ1) is 15.9. The lowest BCUT2D eigenvalue weighted by atomic mass is 9.99. The molecule has 0 amide bonds. The fraction of sp³-hybridized carbons (Fsp3) is 0. The summed E-state index contributed by atoms with van der Waals surface area (Å²) in [6.07, 6.45) is 1.70. The zero-order chi connectivity index (χ0) is 17.4. The number of pyridine rings is 1. The standard InChI is InChI=1S/C20H12Cl2N2O/c21-14-9-8-12(11-15(14)22)20(25)18-13-5-1-2-6-16(13)24-19(18)17-7-3-4-10-23-17/h1-11,24H. The molecule has 0 atom stereocenters. The van der Waals surface area contributed by atoms with Crippen molar-refractivity contribution in [2.24, 2.45) is 0 Å². The molecule has 0 unspecified atom stereocenters. The van der Waals surface area contributed by atoms with Crippen molar-refractivity contribution in [1.82, 2.24) is 9.97 Å². The summed E-state index contributed by atoms with van der Waals surface area (Å²) in [6.45, 7) is 0. The number of fused-ring (bicyclic) bond motifs is 1. The van der Waals surface area contributed by atoms with Gasteiger partial charge in [-0.1, -0.05) is 47.5 Å². The molecular formula is C20H12Cl2N2O. The number of ketones is 1. The molecule has 25 heavy (non-hydrogen) atoms. The van der Waals surface area contributed by atoms with E-state index < -0.39 is 0 Å². The van der Waals surface area contributed by atoms with E-state index in [1.165, 1.54) is 0 Å². The Bertz CT molecular complexity index is 1090. The Morgan fingerprint density at radius 3 is 2.48 bits per heavy atom. The van der Waals surface area contributed by atoms with Crippen molar-refractivity contribution in [2.75, 3.05) is 0 Å². The quantitative estimate of drug-likeness (QED) is 0.468. The highest BCUT2D eigenvalue weighted by Crippen LogP contribution is 2.32. The van der Waals surface area contributed by atoms with Gasteiger partial charge in [0.05, 0.1) is 27.0 Å². The zero-order valence-electron chi connectivity index (χ0n) is 13.0. The molecule has 2 aromatic heterocycles. The van der Waals surface area contributed by atoms with Crippen molar-refractivity contribution in [3.63, 3.8) is 0 Å². The van der Waals surface area contributed by atoms with E-state index in [-0.39, 0.29) is 5.78 Å². The van der Waals surface area contributed by atoms with Gasteiger partial charge in [0, 0.05) is 22.7 Å². The Morgan fingerprint density at radius 1 is 0.920 bits per heavy atom. The zero-order valence-corrected chi connectivity index (χ0v) is 14.5. The summed E-state index contributed by atoms with van der Waals surface area (Å²) in [5.41, 5.74) is 3.34. The molecule has 3 nitrogen and oxygen atoms in total. The molecule has 0 aliphatic rings. The summed E-state index contributed by atoms with van der Waals surface area (Å²) in [7, 11) is 0. The van der Waals surface area contributed by atoms with Crippen molar-refractivity contribution in [3.8, 4) is 11.4 Å². The maximum absolute atomic E-state index is 13.2. The smallest absolute Gasteiger partial charge is 0.195 e. The minimum absolute atomic E-state index is 0.128. The first-order valence-electron chi connectivity index (χ1n) is 7.67. The maximum atomic E-state index is 13.2. The molecule has 2 heterocycles. The molecule has 0 bridgehead atoms. The van der Waals surface area contributed by atoms with Gasteiger partial charge in [0.1, 0.15) is 0 Å². The van der Waals surface area contributed by atoms with Gasteiger partial charge in [0.25, 0.3) is 0 Å². The van der Waals surface area contributed by atoms with Gasteiger partial charge in [0.15, 0.2) is 5.78 Å². The summed E-state index contributed by atoms with van der Waals surface area (Å²) in [5.74, 6) is -0.128. The Balaban J connectivity index is 1.96. The van der Waals surface area contributed by atoms with Crippen LogP contribution >= 0.6 is 23.2 Å². The van der Waals surface area contributed by atoms with Crippen molar-refractivity contribution in [3.05, 3.63) is 88.0 Å². The van der Waals surface area contributed by atoms with E-state index in [1.807, 2.05) is 42.5 Å². The van der Waals surface area contributed by atoms with Gasteiger partial charge in [-0.2, -0.15) is 0 Å². The molecule has 0 saturated carbocycles. The first-order valence-corrected chi connectivity index (χ1v) is 8.42. The maximum Gasteiger partial charge on any atom is 0.195 e. The van der Waals surface area contributed by atoms with Gasteiger partial charge in [-0.05, 0) is 36.4 Å². The highest BCUT2D eigenvalue weighted by atomic mass is 35.5. The average molecular weight is 367 g/mol. The van der Waals surface area contributed by atoms with Gasteiger partial charge in [0.2, 0.25) is 0 Å². The number of H-pyrrole nitrogens is 1. The van der Waals surface area contributed by atoms with Gasteiger partial charge in [-0.25, -0.2) is 0 Å². The number of halogens is 2. The predicted molar refractivity (Wildman–Crippen MR) is 101 cm³/mol. The fourth-order valence-electron chi connectivity index (χ4n) is 2.86. The van der Waals surface area contributed by atoms with Gasteiger partial charge < -0.3 is 4.98 Å². The van der Waals surface area contributed by atoms with Crippen LogP contribution in [-0.2, 0) is 0 Å². The van der Waals surface area contributed by atoms with Crippen molar-refractivity contribution >= 4 is 39.9 Å². The molecule has 0 aliphatic heterocycles. The molecule has 0 spiro atoms. The highest BCUT2D eigenvalue weighted by Gasteiger charge is 2.21. The number of nitrogens with one attached hydrogen (secondary N) is 1. The minimum Gasteiger partial charge on any atom is -0.353 e. The molecule has 4 rings (SSSR count). The number of hydrogen-bond acceptors (Lipinski definition) is 2. The van der Waals surface area contributed by atoms with E-state index in [4.69, 9.17) is 23.2 Å². The summed E-state index contributed by atoms with van der Waals surface area (Å²) in [5, 5.41) is 1.62. The number of para-hydroxylation sites is 1. The molecule has 1 N–H and O–H groups in total. The normalized spacial score (nSPS) is 11.0. The van der Waals surface area contributed by atoms with Crippen LogP contribution in [0.1, 0.15) is 15.9 Å². The molecule has 5 heteroatoms. The van der Waals surface area contributed by atoms with E-state index >= 15 is 0 Å². The molecule has 0 saturated heterocycles. The first-order chi connectivity index (χ1) is 12.1. The van der Waals surface area contributed by atoms with Crippen LogP contribution in [0.3, 0.4) is 0 Å². The molecule has 0 aliphatic carbocycles. The molecule has 122 valence electrons. The minimum atomic E-state index is -0.128. The molecule has 4 aromatic rings. The van der Waals surface area contributed by atoms with Gasteiger partial charge in [-0.15, -0.1) is 0 Å². The van der Waals surface area contributed by atoms with Crippen LogP contribution in [0.15, 0.2) is 66.9 Å². The van der Waals surface area contributed by atoms with Crippen molar-refractivity contribution in [2.45, 2.75) is 0 Å². The Hall–Kier alpha value is -2.62. The summed E-state index contributed by atoms with van der Waals surface area (Å²) in [4.78, 5) is 20.9. The van der Waals surface area contributed by atoms with E-state index in [0.29, 0.717) is 32.6 Å². The third-order valence-electron chi connectivity index (χ3n) is 4.04. The van der Waals surface area contributed by atoms with E-state index in [9.17, 15) is 4.79 Å². The van der Waals surface area contributed by atoms with Crippen LogP contribution in [0.2, 0.25) is 10.0 Å². The van der Waals surface area contributed by atoms with E-state index in [0.717, 1.165) is 10.9 Å². The summed E-state index contributed by atoms with van der Waals surface area (Å²) < 4.78 is 0. The van der Waals surface area contributed by atoms with E-state index in [1.54, 1.807) is 24.4 Å². The Kier molecular flexibility index (Phi) is 4.04. The third kappa shape index (κ3) is 2.82. The number of hydrogen-bond donors (Lipinski definition) is 1. The second-order valence-electron chi connectivity index (χ2n) is 5.59. The SMILES string of the molecule is O=C(c1ccc(Cl)c(Cl)c1)c1c(-c2ccccn2)[nH]c2ccccc12. The average Bonchev–Trinajstić information content (AvgIpc) is 3.03. The largest absolute Gasteiger partial charge is 0.353 e. The number of carbonyl (C=O) groups is 1. The van der Waals surface area contributed by atoms with Gasteiger partial charge >= 0.3 is 0 Å². The van der Waals surface area contributed by atoms with Crippen LogP contribution < -0.4 is 0 Å². The lowest BCUT2D eigenvalue weighted by Gasteiger charge is -2.05. The monoisotopic (exact) mass is 366 g/mol.